The van der Waals surface area contributed by atoms with E-state index in [4.69, 9.17) is 0 Å². The first-order valence-electron chi connectivity index (χ1n) is 6.63. The van der Waals surface area contributed by atoms with Crippen molar-refractivity contribution in [2.75, 3.05) is 18.4 Å². The van der Waals surface area contributed by atoms with Crippen molar-refractivity contribution < 1.29 is 4.79 Å². The molecule has 1 atom stereocenters. The molecule has 22 heavy (non-hydrogen) atoms. The lowest BCUT2D eigenvalue weighted by Gasteiger charge is -2.09. The summed E-state index contributed by atoms with van der Waals surface area (Å²) in [7, 11) is 0. The Balaban J connectivity index is 0.00000121. The molecule has 0 spiro atoms. The third kappa shape index (κ3) is 4.66. The van der Waals surface area contributed by atoms with E-state index in [-0.39, 0.29) is 30.7 Å². The Hall–Kier alpha value is -1.70. The van der Waals surface area contributed by atoms with Crippen LogP contribution in [0, 0.1) is 5.92 Å². The fourth-order valence-corrected chi connectivity index (χ4v) is 2.28. The van der Waals surface area contributed by atoms with Gasteiger partial charge in [-0.1, -0.05) is 0 Å². The van der Waals surface area contributed by atoms with Crippen molar-refractivity contribution in [3.63, 3.8) is 0 Å². The lowest BCUT2D eigenvalue weighted by Crippen LogP contribution is -2.18. The zero-order chi connectivity index (χ0) is 13.8. The Morgan fingerprint density at radius 3 is 2.86 bits per heavy atom. The molecule has 1 saturated heterocycles. The number of carbonyl (C=O) groups is 1. The van der Waals surface area contributed by atoms with Gasteiger partial charge in [0.2, 0.25) is 5.91 Å². The number of halogens is 2. The Morgan fingerprint density at radius 1 is 1.41 bits per heavy atom. The van der Waals surface area contributed by atoms with Crippen molar-refractivity contribution in [3.8, 4) is 5.82 Å². The molecule has 1 unspecified atom stereocenters. The Morgan fingerprint density at radius 2 is 2.27 bits per heavy atom. The molecule has 0 aliphatic carbocycles. The summed E-state index contributed by atoms with van der Waals surface area (Å²) in [5, 5.41) is 10.1. The lowest BCUT2D eigenvalue weighted by atomic mass is 10.0. The molecule has 0 radical (unpaired) electrons. The second-order valence-corrected chi connectivity index (χ2v) is 4.86. The molecule has 2 N–H and O–H groups in total. The van der Waals surface area contributed by atoms with Crippen LogP contribution in [0.4, 0.5) is 5.69 Å². The predicted octanol–water partition coefficient (Wildman–Crippen LogP) is 1.44. The molecule has 120 valence electrons. The maximum absolute atomic E-state index is 11.9. The minimum atomic E-state index is 0. The van der Waals surface area contributed by atoms with Gasteiger partial charge in [0.25, 0.3) is 0 Å². The highest BCUT2D eigenvalue weighted by Crippen LogP contribution is 2.14. The van der Waals surface area contributed by atoms with Crippen molar-refractivity contribution in [1.82, 2.24) is 25.1 Å². The van der Waals surface area contributed by atoms with E-state index in [1.807, 2.05) is 6.07 Å². The van der Waals surface area contributed by atoms with Gasteiger partial charge in [-0.25, -0.2) is 14.6 Å². The fourth-order valence-electron chi connectivity index (χ4n) is 2.28. The second-order valence-electron chi connectivity index (χ2n) is 4.86. The first kappa shape index (κ1) is 18.3. The van der Waals surface area contributed by atoms with Crippen molar-refractivity contribution in [2.24, 2.45) is 5.92 Å². The number of rotatable bonds is 4. The summed E-state index contributed by atoms with van der Waals surface area (Å²) >= 11 is 0. The van der Waals surface area contributed by atoms with Crippen LogP contribution >= 0.6 is 24.8 Å². The largest absolute Gasteiger partial charge is 0.325 e. The van der Waals surface area contributed by atoms with Gasteiger partial charge in [-0.05, 0) is 37.6 Å². The van der Waals surface area contributed by atoms with Crippen molar-refractivity contribution in [1.29, 1.82) is 0 Å². The van der Waals surface area contributed by atoms with Gasteiger partial charge in [0.15, 0.2) is 5.82 Å². The van der Waals surface area contributed by atoms with Crippen LogP contribution in [-0.4, -0.2) is 38.7 Å². The molecular weight excluding hydrogens is 327 g/mol. The number of anilines is 1. The van der Waals surface area contributed by atoms with Gasteiger partial charge in [0.05, 0.1) is 11.9 Å². The average Bonchev–Trinajstić information content (AvgIpc) is 3.12. The van der Waals surface area contributed by atoms with E-state index in [2.05, 4.69) is 25.7 Å². The number of nitrogens with zero attached hydrogens (tertiary/aromatic N) is 4. The number of nitrogens with one attached hydrogen (secondary N) is 2. The topological polar surface area (TPSA) is 84.7 Å². The third-order valence-electron chi connectivity index (χ3n) is 3.32. The summed E-state index contributed by atoms with van der Waals surface area (Å²) in [4.78, 5) is 20.0. The molecule has 9 heteroatoms. The van der Waals surface area contributed by atoms with Crippen LogP contribution < -0.4 is 10.6 Å². The zero-order valence-electron chi connectivity index (χ0n) is 11.8. The molecule has 1 fully saturated rings. The first-order chi connectivity index (χ1) is 9.81. The molecule has 7 nitrogen and oxygen atoms in total. The van der Waals surface area contributed by atoms with Crippen LogP contribution in [0.3, 0.4) is 0 Å². The van der Waals surface area contributed by atoms with E-state index in [1.165, 1.54) is 6.33 Å². The Kier molecular flexibility index (Phi) is 7.23. The maximum atomic E-state index is 11.9. The summed E-state index contributed by atoms with van der Waals surface area (Å²) in [6.07, 6.45) is 6.28. The molecule has 0 aromatic carbocycles. The standard InChI is InChI=1S/C13H16N6O.2ClH/c20-13(5-10-3-4-14-6-10)18-11-1-2-12(16-7-11)19-9-15-8-17-19;;/h1-2,7-10,14H,3-6H2,(H,18,20);2*1H. The van der Waals surface area contributed by atoms with Crippen LogP contribution in [0.2, 0.25) is 0 Å². The molecule has 0 bridgehead atoms. The Bertz CT molecular complexity index is 569. The number of aromatic nitrogens is 4. The smallest absolute Gasteiger partial charge is 0.224 e. The summed E-state index contributed by atoms with van der Waals surface area (Å²) < 4.78 is 1.57. The molecule has 0 saturated carbocycles. The number of hydrogen-bond acceptors (Lipinski definition) is 5. The minimum Gasteiger partial charge on any atom is -0.325 e. The zero-order valence-corrected chi connectivity index (χ0v) is 13.4. The number of carbonyl (C=O) groups excluding carboxylic acids is 1. The summed E-state index contributed by atoms with van der Waals surface area (Å²) in [5.41, 5.74) is 0.699. The highest BCUT2D eigenvalue weighted by molar-refractivity contribution is 5.90. The lowest BCUT2D eigenvalue weighted by molar-refractivity contribution is -0.116. The fraction of sp³-hybridized carbons (Fsp3) is 0.385. The van der Waals surface area contributed by atoms with E-state index >= 15 is 0 Å². The van der Waals surface area contributed by atoms with Crippen LogP contribution in [-0.2, 0) is 4.79 Å². The quantitative estimate of drug-likeness (QED) is 0.876. The van der Waals surface area contributed by atoms with Crippen molar-refractivity contribution in [2.45, 2.75) is 12.8 Å². The highest BCUT2D eigenvalue weighted by atomic mass is 35.5. The van der Waals surface area contributed by atoms with Crippen molar-refractivity contribution >= 4 is 36.4 Å². The SMILES string of the molecule is Cl.Cl.O=C(CC1CCNC1)Nc1ccc(-n2cncn2)nc1. The van der Waals surface area contributed by atoms with Gasteiger partial charge in [0.1, 0.15) is 12.7 Å². The monoisotopic (exact) mass is 344 g/mol. The molecule has 2 aromatic rings. The van der Waals surface area contributed by atoms with E-state index in [9.17, 15) is 4.79 Å². The summed E-state index contributed by atoms with van der Waals surface area (Å²) in [6.45, 7) is 1.93. The van der Waals surface area contributed by atoms with E-state index in [0.29, 0.717) is 23.8 Å². The highest BCUT2D eigenvalue weighted by Gasteiger charge is 2.18. The van der Waals surface area contributed by atoms with Gasteiger partial charge in [-0.15, -0.1) is 24.8 Å². The van der Waals surface area contributed by atoms with Crippen LogP contribution in [0.1, 0.15) is 12.8 Å². The summed E-state index contributed by atoms with van der Waals surface area (Å²) in [5.74, 6) is 1.15. The van der Waals surface area contributed by atoms with Gasteiger partial charge in [-0.2, -0.15) is 5.10 Å². The van der Waals surface area contributed by atoms with E-state index in [0.717, 1.165) is 19.5 Å². The predicted molar refractivity (Wildman–Crippen MR) is 87.9 cm³/mol. The minimum absolute atomic E-state index is 0. The second kappa shape index (κ2) is 8.67. The summed E-state index contributed by atoms with van der Waals surface area (Å²) in [6, 6.07) is 3.61. The molecule has 3 rings (SSSR count). The van der Waals surface area contributed by atoms with Crippen LogP contribution in [0.5, 0.6) is 0 Å². The van der Waals surface area contributed by atoms with Gasteiger partial charge in [-0.3, -0.25) is 4.79 Å². The Labute approximate surface area is 140 Å². The molecule has 1 aliphatic rings. The third-order valence-corrected chi connectivity index (χ3v) is 3.32. The number of amides is 1. The van der Waals surface area contributed by atoms with E-state index < -0.39 is 0 Å². The van der Waals surface area contributed by atoms with Gasteiger partial charge < -0.3 is 10.6 Å². The average molecular weight is 345 g/mol. The molecular formula is C13H18Cl2N6O. The van der Waals surface area contributed by atoms with Crippen LogP contribution in [0.25, 0.3) is 5.82 Å². The normalized spacial score (nSPS) is 16.5. The van der Waals surface area contributed by atoms with Crippen molar-refractivity contribution in [3.05, 3.63) is 31.0 Å². The number of hydrogen-bond donors (Lipinski definition) is 2. The van der Waals surface area contributed by atoms with Crippen LogP contribution in [0.15, 0.2) is 31.0 Å². The molecule has 2 aromatic heterocycles. The molecule has 1 aliphatic heterocycles. The molecule has 1 amide bonds. The van der Waals surface area contributed by atoms with Gasteiger partial charge >= 0.3 is 0 Å². The number of pyridine rings is 1. The van der Waals surface area contributed by atoms with E-state index in [1.54, 1.807) is 23.3 Å². The van der Waals surface area contributed by atoms with Gasteiger partial charge in [0, 0.05) is 6.42 Å². The molecule has 3 heterocycles. The first-order valence-corrected chi connectivity index (χ1v) is 6.63. The maximum Gasteiger partial charge on any atom is 0.224 e.